The van der Waals surface area contributed by atoms with Crippen molar-refractivity contribution >= 4 is 28.4 Å². The third-order valence-electron chi connectivity index (χ3n) is 2.98. The Morgan fingerprint density at radius 1 is 1.29 bits per heavy atom. The smallest absolute Gasteiger partial charge is 0.267 e. The summed E-state index contributed by atoms with van der Waals surface area (Å²) in [7, 11) is 0. The third kappa shape index (κ3) is 3.98. The summed E-state index contributed by atoms with van der Waals surface area (Å²) in [6.07, 6.45) is 0.261. The zero-order valence-electron chi connectivity index (χ0n) is 12.2. The van der Waals surface area contributed by atoms with Gasteiger partial charge >= 0.3 is 0 Å². The SMILES string of the molecule is CC(C)NC(=O)CCNC(=O)c1cc2cc(N)ccc2[nH]1. The van der Waals surface area contributed by atoms with E-state index in [2.05, 4.69) is 15.6 Å². The number of carbonyl (C=O) groups excluding carboxylic acids is 2. The van der Waals surface area contributed by atoms with Crippen LogP contribution in [-0.2, 0) is 4.79 Å². The Balaban J connectivity index is 1.91. The number of hydrogen-bond acceptors (Lipinski definition) is 3. The molecule has 2 aromatic rings. The van der Waals surface area contributed by atoms with Crippen LogP contribution < -0.4 is 16.4 Å². The average molecular weight is 288 g/mol. The number of nitrogen functional groups attached to an aromatic ring is 1. The summed E-state index contributed by atoms with van der Waals surface area (Å²) in [4.78, 5) is 26.5. The molecule has 0 fully saturated rings. The number of anilines is 1. The van der Waals surface area contributed by atoms with Crippen LogP contribution in [0, 0.1) is 0 Å². The number of aromatic amines is 1. The van der Waals surface area contributed by atoms with Crippen molar-refractivity contribution in [3.05, 3.63) is 30.0 Å². The molecule has 0 saturated carbocycles. The molecule has 0 aliphatic rings. The fraction of sp³-hybridized carbons (Fsp3) is 0.333. The Labute approximate surface area is 123 Å². The van der Waals surface area contributed by atoms with Gasteiger partial charge < -0.3 is 21.4 Å². The van der Waals surface area contributed by atoms with E-state index in [0.29, 0.717) is 17.9 Å². The first-order valence-corrected chi connectivity index (χ1v) is 6.91. The van der Waals surface area contributed by atoms with Crippen LogP contribution in [0.4, 0.5) is 5.69 Å². The first-order chi connectivity index (χ1) is 9.95. The molecule has 1 heterocycles. The van der Waals surface area contributed by atoms with Crippen molar-refractivity contribution in [1.29, 1.82) is 0 Å². The summed E-state index contributed by atoms with van der Waals surface area (Å²) in [5.74, 6) is -0.308. The summed E-state index contributed by atoms with van der Waals surface area (Å²) < 4.78 is 0. The Bertz CT molecular complexity index is 661. The van der Waals surface area contributed by atoms with Crippen LogP contribution in [0.15, 0.2) is 24.3 Å². The standard InChI is InChI=1S/C15H20N4O2/c1-9(2)18-14(20)5-6-17-15(21)13-8-10-7-11(16)3-4-12(10)19-13/h3-4,7-9,19H,5-6,16H2,1-2H3,(H,17,21)(H,18,20). The number of H-pyrrole nitrogens is 1. The van der Waals surface area contributed by atoms with Crippen molar-refractivity contribution in [2.45, 2.75) is 26.3 Å². The summed E-state index contributed by atoms with van der Waals surface area (Å²) >= 11 is 0. The van der Waals surface area contributed by atoms with Crippen molar-refractivity contribution in [2.24, 2.45) is 0 Å². The zero-order valence-corrected chi connectivity index (χ0v) is 12.2. The van der Waals surface area contributed by atoms with E-state index < -0.39 is 0 Å². The molecule has 21 heavy (non-hydrogen) atoms. The number of rotatable bonds is 5. The molecule has 2 rings (SSSR count). The highest BCUT2D eigenvalue weighted by Gasteiger charge is 2.10. The molecular formula is C15H20N4O2. The second kappa shape index (κ2) is 6.30. The molecule has 0 spiro atoms. The van der Waals surface area contributed by atoms with E-state index in [1.165, 1.54) is 0 Å². The van der Waals surface area contributed by atoms with Gasteiger partial charge in [-0.25, -0.2) is 0 Å². The number of hydrogen-bond donors (Lipinski definition) is 4. The summed E-state index contributed by atoms with van der Waals surface area (Å²) in [6.45, 7) is 4.09. The van der Waals surface area contributed by atoms with Gasteiger partial charge in [-0.15, -0.1) is 0 Å². The largest absolute Gasteiger partial charge is 0.399 e. The number of aromatic nitrogens is 1. The van der Waals surface area contributed by atoms with Crippen LogP contribution in [0.5, 0.6) is 0 Å². The fourth-order valence-electron chi connectivity index (χ4n) is 2.05. The maximum absolute atomic E-state index is 12.0. The molecule has 0 radical (unpaired) electrons. The van der Waals surface area contributed by atoms with E-state index in [-0.39, 0.29) is 24.3 Å². The normalized spacial score (nSPS) is 10.8. The van der Waals surface area contributed by atoms with Gasteiger partial charge in [-0.05, 0) is 38.1 Å². The van der Waals surface area contributed by atoms with Gasteiger partial charge in [-0.1, -0.05) is 0 Å². The fourth-order valence-corrected chi connectivity index (χ4v) is 2.05. The molecule has 6 heteroatoms. The highest BCUT2D eigenvalue weighted by atomic mass is 16.2. The molecule has 112 valence electrons. The van der Waals surface area contributed by atoms with Crippen LogP contribution in [0.2, 0.25) is 0 Å². The average Bonchev–Trinajstić information content (AvgIpc) is 2.80. The van der Waals surface area contributed by atoms with Gasteiger partial charge in [-0.2, -0.15) is 0 Å². The van der Waals surface area contributed by atoms with Crippen LogP contribution >= 0.6 is 0 Å². The van der Waals surface area contributed by atoms with E-state index in [0.717, 1.165) is 10.9 Å². The van der Waals surface area contributed by atoms with E-state index >= 15 is 0 Å². The number of carbonyl (C=O) groups is 2. The molecule has 2 amide bonds. The van der Waals surface area contributed by atoms with E-state index in [4.69, 9.17) is 5.73 Å². The van der Waals surface area contributed by atoms with E-state index in [1.807, 2.05) is 19.9 Å². The van der Waals surface area contributed by atoms with Gasteiger partial charge in [0.1, 0.15) is 5.69 Å². The van der Waals surface area contributed by atoms with Crippen molar-refractivity contribution in [3.63, 3.8) is 0 Å². The molecule has 0 saturated heterocycles. The van der Waals surface area contributed by atoms with Gasteiger partial charge in [0, 0.05) is 35.6 Å². The van der Waals surface area contributed by atoms with Crippen molar-refractivity contribution in [1.82, 2.24) is 15.6 Å². The summed E-state index contributed by atoms with van der Waals surface area (Å²) in [5.41, 5.74) is 7.67. The highest BCUT2D eigenvalue weighted by Crippen LogP contribution is 2.18. The Kier molecular flexibility index (Phi) is 4.47. The second-order valence-electron chi connectivity index (χ2n) is 5.26. The minimum Gasteiger partial charge on any atom is -0.399 e. The van der Waals surface area contributed by atoms with Crippen molar-refractivity contribution in [3.8, 4) is 0 Å². The van der Waals surface area contributed by atoms with Crippen molar-refractivity contribution < 1.29 is 9.59 Å². The highest BCUT2D eigenvalue weighted by molar-refractivity contribution is 5.98. The Morgan fingerprint density at radius 2 is 2.05 bits per heavy atom. The van der Waals surface area contributed by atoms with Gasteiger partial charge in [0.05, 0.1) is 0 Å². The van der Waals surface area contributed by atoms with Gasteiger partial charge in [0.25, 0.3) is 5.91 Å². The van der Waals surface area contributed by atoms with Gasteiger partial charge in [-0.3, -0.25) is 9.59 Å². The lowest BCUT2D eigenvalue weighted by molar-refractivity contribution is -0.121. The molecule has 5 N–H and O–H groups in total. The molecule has 1 aromatic heterocycles. The first kappa shape index (κ1) is 14.9. The topological polar surface area (TPSA) is 100 Å². The van der Waals surface area contributed by atoms with Gasteiger partial charge in [0.2, 0.25) is 5.91 Å². The van der Waals surface area contributed by atoms with Crippen LogP contribution in [-0.4, -0.2) is 29.4 Å². The molecular weight excluding hydrogens is 268 g/mol. The molecule has 0 aliphatic heterocycles. The predicted octanol–water partition coefficient (Wildman–Crippen LogP) is 1.39. The minimum atomic E-state index is -0.234. The number of amides is 2. The monoisotopic (exact) mass is 288 g/mol. The Morgan fingerprint density at radius 3 is 2.76 bits per heavy atom. The maximum atomic E-state index is 12.0. The molecule has 0 aliphatic carbocycles. The number of nitrogens with one attached hydrogen (secondary N) is 3. The molecule has 1 aromatic carbocycles. The molecule has 0 bridgehead atoms. The van der Waals surface area contributed by atoms with Crippen LogP contribution in [0.25, 0.3) is 10.9 Å². The van der Waals surface area contributed by atoms with Crippen molar-refractivity contribution in [2.75, 3.05) is 12.3 Å². The number of benzene rings is 1. The van der Waals surface area contributed by atoms with E-state index in [1.54, 1.807) is 18.2 Å². The zero-order chi connectivity index (χ0) is 15.4. The summed E-state index contributed by atoms with van der Waals surface area (Å²) in [6, 6.07) is 7.26. The van der Waals surface area contributed by atoms with Crippen LogP contribution in [0.3, 0.4) is 0 Å². The van der Waals surface area contributed by atoms with Gasteiger partial charge in [0.15, 0.2) is 0 Å². The minimum absolute atomic E-state index is 0.0743. The molecule has 6 nitrogen and oxygen atoms in total. The molecule has 0 atom stereocenters. The van der Waals surface area contributed by atoms with Crippen LogP contribution in [0.1, 0.15) is 30.8 Å². The quantitative estimate of drug-likeness (QED) is 0.626. The predicted molar refractivity (Wildman–Crippen MR) is 82.9 cm³/mol. The lowest BCUT2D eigenvalue weighted by atomic mass is 10.2. The maximum Gasteiger partial charge on any atom is 0.267 e. The molecule has 0 unspecified atom stereocenters. The third-order valence-corrected chi connectivity index (χ3v) is 2.98. The second-order valence-corrected chi connectivity index (χ2v) is 5.26. The van der Waals surface area contributed by atoms with E-state index in [9.17, 15) is 9.59 Å². The Hall–Kier alpha value is -2.50. The lowest BCUT2D eigenvalue weighted by Crippen LogP contribution is -2.34. The lowest BCUT2D eigenvalue weighted by Gasteiger charge is -2.08. The number of fused-ring (bicyclic) bond motifs is 1. The number of nitrogens with two attached hydrogens (primary N) is 1. The summed E-state index contributed by atoms with van der Waals surface area (Å²) in [5, 5.41) is 6.38. The first-order valence-electron chi connectivity index (χ1n) is 6.91.